The van der Waals surface area contributed by atoms with Crippen molar-refractivity contribution in [3.8, 4) is 22.8 Å². The van der Waals surface area contributed by atoms with Crippen molar-refractivity contribution in [1.29, 1.82) is 0 Å². The average molecular weight is 402 g/mol. The summed E-state index contributed by atoms with van der Waals surface area (Å²) in [5.41, 5.74) is 1.30. The van der Waals surface area contributed by atoms with Crippen molar-refractivity contribution in [2.24, 2.45) is 0 Å². The van der Waals surface area contributed by atoms with Crippen molar-refractivity contribution in [3.05, 3.63) is 54.5 Å². The normalized spacial score (nSPS) is 11.7. The van der Waals surface area contributed by atoms with Gasteiger partial charge in [0.1, 0.15) is 5.82 Å². The van der Waals surface area contributed by atoms with E-state index in [0.29, 0.717) is 33.7 Å². The molecule has 1 aromatic heterocycles. The standard InChI is InChI=1S/C20H19FN2O4S/c1-12(19(24)23-15-8-9-16(25-2)17(10-15)26-3)28-20-22-11-18(27-20)13-4-6-14(21)7-5-13/h4-12H,1-3H3,(H,23,24). The Morgan fingerprint density at radius 3 is 2.54 bits per heavy atom. The minimum Gasteiger partial charge on any atom is -0.493 e. The Kier molecular flexibility index (Phi) is 6.20. The summed E-state index contributed by atoms with van der Waals surface area (Å²) in [5.74, 6) is 1.08. The molecule has 146 valence electrons. The van der Waals surface area contributed by atoms with Crippen LogP contribution in [-0.2, 0) is 4.79 Å². The van der Waals surface area contributed by atoms with Gasteiger partial charge in [0, 0.05) is 17.3 Å². The summed E-state index contributed by atoms with van der Waals surface area (Å²) in [6.07, 6.45) is 1.55. The fourth-order valence-electron chi connectivity index (χ4n) is 2.42. The highest BCUT2D eigenvalue weighted by Crippen LogP contribution is 2.31. The van der Waals surface area contributed by atoms with Crippen LogP contribution in [0.15, 0.2) is 58.3 Å². The van der Waals surface area contributed by atoms with E-state index in [1.165, 1.54) is 31.0 Å². The lowest BCUT2D eigenvalue weighted by Crippen LogP contribution is -2.22. The first-order valence-corrected chi connectivity index (χ1v) is 9.29. The molecule has 2 aromatic carbocycles. The monoisotopic (exact) mass is 402 g/mol. The number of rotatable bonds is 7. The SMILES string of the molecule is COc1ccc(NC(=O)C(C)Sc2ncc(-c3ccc(F)cc3)o2)cc1OC. The number of halogens is 1. The molecule has 1 heterocycles. The van der Waals surface area contributed by atoms with Crippen LogP contribution in [0.3, 0.4) is 0 Å². The highest BCUT2D eigenvalue weighted by atomic mass is 32.2. The third kappa shape index (κ3) is 4.64. The van der Waals surface area contributed by atoms with Crippen molar-refractivity contribution >= 4 is 23.4 Å². The lowest BCUT2D eigenvalue weighted by molar-refractivity contribution is -0.115. The first-order valence-electron chi connectivity index (χ1n) is 8.41. The number of thioether (sulfide) groups is 1. The zero-order chi connectivity index (χ0) is 20.1. The zero-order valence-corrected chi connectivity index (χ0v) is 16.4. The molecule has 0 aliphatic carbocycles. The van der Waals surface area contributed by atoms with Crippen LogP contribution in [0.25, 0.3) is 11.3 Å². The predicted molar refractivity (Wildman–Crippen MR) is 105 cm³/mol. The molecule has 1 amide bonds. The molecule has 1 unspecified atom stereocenters. The molecule has 6 nitrogen and oxygen atoms in total. The Labute approximate surface area is 166 Å². The van der Waals surface area contributed by atoms with Gasteiger partial charge in [-0.15, -0.1) is 0 Å². The molecule has 0 aliphatic rings. The Morgan fingerprint density at radius 2 is 1.86 bits per heavy atom. The number of hydrogen-bond donors (Lipinski definition) is 1. The molecular formula is C20H19FN2O4S. The summed E-state index contributed by atoms with van der Waals surface area (Å²) in [6, 6.07) is 11.1. The second-order valence-corrected chi connectivity index (χ2v) is 7.11. The van der Waals surface area contributed by atoms with E-state index < -0.39 is 5.25 Å². The number of oxazole rings is 1. The molecule has 1 N–H and O–H groups in total. The minimum atomic E-state index is -0.451. The number of hydrogen-bond acceptors (Lipinski definition) is 6. The predicted octanol–water partition coefficient (Wildman–Crippen LogP) is 4.62. The van der Waals surface area contributed by atoms with Gasteiger partial charge in [-0.1, -0.05) is 11.8 Å². The second-order valence-electron chi connectivity index (χ2n) is 5.82. The second kappa shape index (κ2) is 8.79. The van der Waals surface area contributed by atoms with Crippen molar-refractivity contribution in [2.75, 3.05) is 19.5 Å². The van der Waals surface area contributed by atoms with Crippen LogP contribution >= 0.6 is 11.8 Å². The summed E-state index contributed by atoms with van der Waals surface area (Å²) >= 11 is 1.19. The van der Waals surface area contributed by atoms with E-state index >= 15 is 0 Å². The topological polar surface area (TPSA) is 73.6 Å². The maximum absolute atomic E-state index is 13.0. The summed E-state index contributed by atoms with van der Waals surface area (Å²) in [6.45, 7) is 1.75. The Bertz CT molecular complexity index is 959. The lowest BCUT2D eigenvalue weighted by Gasteiger charge is -2.12. The molecule has 0 spiro atoms. The molecule has 1 atom stereocenters. The third-order valence-corrected chi connectivity index (χ3v) is 4.87. The number of methoxy groups -OCH3 is 2. The molecule has 3 aromatic rings. The molecule has 28 heavy (non-hydrogen) atoms. The van der Waals surface area contributed by atoms with Crippen molar-refractivity contribution < 1.29 is 23.1 Å². The van der Waals surface area contributed by atoms with Crippen LogP contribution < -0.4 is 14.8 Å². The number of ether oxygens (including phenoxy) is 2. The first-order chi connectivity index (χ1) is 13.5. The van der Waals surface area contributed by atoms with Gasteiger partial charge in [0.2, 0.25) is 5.91 Å². The van der Waals surface area contributed by atoms with E-state index in [1.807, 2.05) is 0 Å². The Morgan fingerprint density at radius 1 is 1.14 bits per heavy atom. The zero-order valence-electron chi connectivity index (χ0n) is 15.6. The number of nitrogens with zero attached hydrogens (tertiary/aromatic N) is 1. The molecular weight excluding hydrogens is 383 g/mol. The van der Waals surface area contributed by atoms with Gasteiger partial charge in [0.05, 0.1) is 25.7 Å². The number of benzene rings is 2. The molecule has 0 fully saturated rings. The number of amides is 1. The van der Waals surface area contributed by atoms with Gasteiger partial charge >= 0.3 is 0 Å². The molecule has 0 bridgehead atoms. The Hall–Kier alpha value is -3.00. The van der Waals surface area contributed by atoms with Gasteiger partial charge < -0.3 is 19.2 Å². The highest BCUT2D eigenvalue weighted by molar-refractivity contribution is 8.00. The van der Waals surface area contributed by atoms with Gasteiger partial charge in [0.25, 0.3) is 5.22 Å². The van der Waals surface area contributed by atoms with Gasteiger partial charge in [0.15, 0.2) is 17.3 Å². The smallest absolute Gasteiger partial charge is 0.256 e. The fourth-order valence-corrected chi connectivity index (χ4v) is 3.14. The van der Waals surface area contributed by atoms with Gasteiger partial charge in [-0.3, -0.25) is 4.79 Å². The van der Waals surface area contributed by atoms with E-state index in [4.69, 9.17) is 13.9 Å². The van der Waals surface area contributed by atoms with E-state index in [9.17, 15) is 9.18 Å². The summed E-state index contributed by atoms with van der Waals surface area (Å²) < 4.78 is 29.1. The molecule has 0 aliphatic heterocycles. The number of aromatic nitrogens is 1. The largest absolute Gasteiger partial charge is 0.493 e. The van der Waals surface area contributed by atoms with E-state index in [1.54, 1.807) is 50.6 Å². The van der Waals surface area contributed by atoms with Gasteiger partial charge in [-0.2, -0.15) is 0 Å². The summed E-state index contributed by atoms with van der Waals surface area (Å²) in [5, 5.41) is 2.73. The number of carbonyl (C=O) groups is 1. The fraction of sp³-hybridized carbons (Fsp3) is 0.200. The van der Waals surface area contributed by atoms with E-state index in [0.717, 1.165) is 0 Å². The number of nitrogens with one attached hydrogen (secondary N) is 1. The van der Waals surface area contributed by atoms with Crippen molar-refractivity contribution in [3.63, 3.8) is 0 Å². The Balaban J connectivity index is 1.64. The van der Waals surface area contributed by atoms with E-state index in [-0.39, 0.29) is 11.7 Å². The molecule has 3 rings (SSSR count). The number of anilines is 1. The van der Waals surface area contributed by atoms with Crippen LogP contribution in [0, 0.1) is 5.82 Å². The average Bonchev–Trinajstić information content (AvgIpc) is 3.16. The lowest BCUT2D eigenvalue weighted by atomic mass is 10.2. The molecule has 0 saturated heterocycles. The molecule has 8 heteroatoms. The van der Waals surface area contributed by atoms with Crippen LogP contribution in [-0.4, -0.2) is 30.4 Å². The highest BCUT2D eigenvalue weighted by Gasteiger charge is 2.19. The first kappa shape index (κ1) is 19.8. The van der Waals surface area contributed by atoms with E-state index in [2.05, 4.69) is 10.3 Å². The summed E-state index contributed by atoms with van der Waals surface area (Å²) in [7, 11) is 3.08. The maximum atomic E-state index is 13.0. The van der Waals surface area contributed by atoms with Gasteiger partial charge in [-0.05, 0) is 43.3 Å². The van der Waals surface area contributed by atoms with Crippen LogP contribution in [0.2, 0.25) is 0 Å². The maximum Gasteiger partial charge on any atom is 0.256 e. The molecule has 0 saturated carbocycles. The minimum absolute atomic E-state index is 0.209. The van der Waals surface area contributed by atoms with Crippen molar-refractivity contribution in [2.45, 2.75) is 17.4 Å². The number of carbonyl (C=O) groups excluding carboxylic acids is 1. The van der Waals surface area contributed by atoms with Crippen LogP contribution in [0.1, 0.15) is 6.92 Å². The summed E-state index contributed by atoms with van der Waals surface area (Å²) in [4.78, 5) is 16.7. The van der Waals surface area contributed by atoms with Gasteiger partial charge in [-0.25, -0.2) is 9.37 Å². The third-order valence-electron chi connectivity index (χ3n) is 3.91. The van der Waals surface area contributed by atoms with Crippen LogP contribution in [0.5, 0.6) is 11.5 Å². The van der Waals surface area contributed by atoms with Crippen molar-refractivity contribution in [1.82, 2.24) is 4.98 Å². The van der Waals surface area contributed by atoms with Crippen LogP contribution in [0.4, 0.5) is 10.1 Å². The quantitative estimate of drug-likeness (QED) is 0.582. The molecule has 0 radical (unpaired) electrons.